The van der Waals surface area contributed by atoms with E-state index in [4.69, 9.17) is 0 Å². The molecule has 1 aromatic carbocycles. The van der Waals surface area contributed by atoms with E-state index in [1.54, 1.807) is 12.1 Å². The van der Waals surface area contributed by atoms with Crippen molar-refractivity contribution in [1.82, 2.24) is 0 Å². The zero-order valence-corrected chi connectivity index (χ0v) is 9.26. The Labute approximate surface area is 87.1 Å². The molecule has 0 aliphatic carbocycles. The van der Waals surface area contributed by atoms with E-state index in [2.05, 4.69) is 21.5 Å². The smallest absolute Gasteiger partial charge is 0.345 e. The highest BCUT2D eigenvalue weighted by Gasteiger charge is 2.11. The molecule has 1 rings (SSSR count). The molecule has 0 saturated carbocycles. The van der Waals surface area contributed by atoms with Crippen molar-refractivity contribution in [2.45, 2.75) is 13.8 Å². The molecule has 3 radical (unpaired) electrons. The average Bonchev–Trinajstić information content (AvgIpc) is 2.21. The Hall–Kier alpha value is -1.35. The first-order chi connectivity index (χ1) is 6.61. The lowest BCUT2D eigenvalue weighted by Gasteiger charge is -2.09. The van der Waals surface area contributed by atoms with Crippen molar-refractivity contribution in [2.75, 3.05) is 0 Å². The molecule has 0 spiro atoms. The summed E-state index contributed by atoms with van der Waals surface area (Å²) in [6.45, 7) is 7.55. The van der Waals surface area contributed by atoms with Crippen LogP contribution in [0.2, 0.25) is 0 Å². The first kappa shape index (κ1) is 10.7. The van der Waals surface area contributed by atoms with Gasteiger partial charge in [-0.3, -0.25) is 0 Å². The Morgan fingerprint density at radius 1 is 1.43 bits per heavy atom. The van der Waals surface area contributed by atoms with Gasteiger partial charge >= 0.3 is 16.5 Å². The van der Waals surface area contributed by atoms with Crippen LogP contribution in [-0.4, -0.2) is 16.5 Å². The molecule has 0 unspecified atom stereocenters. The lowest BCUT2D eigenvalue weighted by Crippen LogP contribution is -2.06. The van der Waals surface area contributed by atoms with Crippen molar-refractivity contribution < 1.29 is 9.22 Å². The second-order valence-electron chi connectivity index (χ2n) is 3.05. The minimum Gasteiger partial charge on any atom is -0.513 e. The molecular weight excluding hydrogens is 192 g/mol. The van der Waals surface area contributed by atoms with E-state index in [1.807, 2.05) is 19.9 Å². The van der Waals surface area contributed by atoms with Gasteiger partial charge < -0.3 is 4.43 Å². The van der Waals surface area contributed by atoms with Crippen LogP contribution in [0.15, 0.2) is 18.7 Å². The Kier molecular flexibility index (Phi) is 3.25. The molecule has 0 N–H and O–H groups in total. The molecule has 1 aromatic rings. The maximum atomic E-state index is 11.3. The Bertz CT molecular complexity index is 383. The highest BCUT2D eigenvalue weighted by molar-refractivity contribution is 6.09. The standard InChI is InChI=1S/C11H11O2Si/c1-4-9-5-6-10(11(12)13-14)8(3)7(9)2/h4-6H,1H2,2-3H3. The zero-order valence-electron chi connectivity index (χ0n) is 8.26. The van der Waals surface area contributed by atoms with E-state index in [0.29, 0.717) is 5.56 Å². The molecule has 3 heteroatoms. The second-order valence-corrected chi connectivity index (χ2v) is 3.25. The van der Waals surface area contributed by atoms with Gasteiger partial charge in [0.15, 0.2) is 0 Å². The number of hydrogen-bond donors (Lipinski definition) is 0. The molecule has 14 heavy (non-hydrogen) atoms. The molecule has 2 nitrogen and oxygen atoms in total. The molecule has 0 fully saturated rings. The minimum atomic E-state index is -0.377. The third-order valence-electron chi connectivity index (χ3n) is 2.36. The van der Waals surface area contributed by atoms with Gasteiger partial charge in [-0.1, -0.05) is 18.7 Å². The van der Waals surface area contributed by atoms with Crippen LogP contribution in [0.4, 0.5) is 0 Å². The summed E-state index contributed by atoms with van der Waals surface area (Å²) in [5, 5.41) is 0. The molecule has 0 heterocycles. The highest BCUT2D eigenvalue weighted by Crippen LogP contribution is 2.19. The fourth-order valence-electron chi connectivity index (χ4n) is 1.34. The Balaban J connectivity index is 3.30. The largest absolute Gasteiger partial charge is 0.513 e. The van der Waals surface area contributed by atoms with Gasteiger partial charge in [-0.15, -0.1) is 0 Å². The maximum Gasteiger partial charge on any atom is 0.345 e. The highest BCUT2D eigenvalue weighted by atomic mass is 28.2. The van der Waals surface area contributed by atoms with Crippen LogP contribution in [0.3, 0.4) is 0 Å². The predicted octanol–water partition coefficient (Wildman–Crippen LogP) is 2.19. The van der Waals surface area contributed by atoms with Crippen molar-refractivity contribution in [2.24, 2.45) is 0 Å². The molecule has 71 valence electrons. The number of rotatable bonds is 2. The minimum absolute atomic E-state index is 0.377. The van der Waals surface area contributed by atoms with E-state index < -0.39 is 0 Å². The van der Waals surface area contributed by atoms with Crippen LogP contribution < -0.4 is 0 Å². The van der Waals surface area contributed by atoms with E-state index in [1.165, 1.54) is 0 Å². The third-order valence-corrected chi connectivity index (χ3v) is 2.55. The first-order valence-corrected chi connectivity index (χ1v) is 4.63. The molecule has 0 bridgehead atoms. The molecule has 0 aliphatic heterocycles. The summed E-state index contributed by atoms with van der Waals surface area (Å²) < 4.78 is 4.49. The van der Waals surface area contributed by atoms with Crippen LogP contribution >= 0.6 is 0 Å². The van der Waals surface area contributed by atoms with Crippen molar-refractivity contribution in [3.8, 4) is 0 Å². The number of benzene rings is 1. The maximum absolute atomic E-state index is 11.3. The molecular formula is C11H11O2Si. The van der Waals surface area contributed by atoms with Gasteiger partial charge in [0.25, 0.3) is 0 Å². The fraction of sp³-hybridized carbons (Fsp3) is 0.182. The van der Waals surface area contributed by atoms with Gasteiger partial charge in [0.05, 0.1) is 5.56 Å². The second kappa shape index (κ2) is 4.24. The topological polar surface area (TPSA) is 26.3 Å². The normalized spacial score (nSPS) is 9.64. The van der Waals surface area contributed by atoms with Crippen LogP contribution in [0.25, 0.3) is 6.08 Å². The summed E-state index contributed by atoms with van der Waals surface area (Å²) in [5.74, 6) is -0.377. The SMILES string of the molecule is C=Cc1ccc(C(=O)O[Si])c(C)c1C. The molecule has 0 atom stereocenters. The monoisotopic (exact) mass is 203 g/mol. The van der Waals surface area contributed by atoms with Gasteiger partial charge in [0.1, 0.15) is 0 Å². The van der Waals surface area contributed by atoms with Gasteiger partial charge in [0.2, 0.25) is 0 Å². The van der Waals surface area contributed by atoms with Gasteiger partial charge in [0, 0.05) is 0 Å². The van der Waals surface area contributed by atoms with Crippen molar-refractivity contribution in [3.63, 3.8) is 0 Å². The van der Waals surface area contributed by atoms with Crippen molar-refractivity contribution in [1.29, 1.82) is 0 Å². The predicted molar refractivity (Wildman–Crippen MR) is 57.2 cm³/mol. The van der Waals surface area contributed by atoms with E-state index in [0.717, 1.165) is 16.7 Å². The summed E-state index contributed by atoms with van der Waals surface area (Å²) in [7, 11) is 2.72. The van der Waals surface area contributed by atoms with Crippen molar-refractivity contribution in [3.05, 3.63) is 41.0 Å². The average molecular weight is 203 g/mol. The number of carbonyl (C=O) groups excluding carboxylic acids is 1. The summed E-state index contributed by atoms with van der Waals surface area (Å²) in [5.41, 5.74) is 3.58. The molecule has 0 aromatic heterocycles. The fourth-order valence-corrected chi connectivity index (χ4v) is 1.45. The lowest BCUT2D eigenvalue weighted by atomic mass is 9.98. The number of hydrogen-bond acceptors (Lipinski definition) is 2. The Morgan fingerprint density at radius 3 is 2.57 bits per heavy atom. The van der Waals surface area contributed by atoms with Gasteiger partial charge in [-0.25, -0.2) is 4.79 Å². The summed E-state index contributed by atoms with van der Waals surface area (Å²) in [6.07, 6.45) is 1.77. The summed E-state index contributed by atoms with van der Waals surface area (Å²) in [6, 6.07) is 3.59. The van der Waals surface area contributed by atoms with Crippen LogP contribution in [-0.2, 0) is 4.43 Å². The quantitative estimate of drug-likeness (QED) is 0.689. The zero-order chi connectivity index (χ0) is 10.7. The van der Waals surface area contributed by atoms with E-state index in [9.17, 15) is 4.79 Å². The molecule has 0 amide bonds. The van der Waals surface area contributed by atoms with Crippen molar-refractivity contribution >= 4 is 22.5 Å². The third kappa shape index (κ3) is 1.77. The van der Waals surface area contributed by atoms with Gasteiger partial charge in [-0.2, -0.15) is 0 Å². The molecule has 0 saturated heterocycles. The summed E-state index contributed by atoms with van der Waals surface area (Å²) in [4.78, 5) is 11.3. The van der Waals surface area contributed by atoms with Crippen LogP contribution in [0.1, 0.15) is 27.0 Å². The van der Waals surface area contributed by atoms with E-state index >= 15 is 0 Å². The summed E-state index contributed by atoms with van der Waals surface area (Å²) >= 11 is 0. The molecule has 0 aliphatic rings. The number of carbonyl (C=O) groups is 1. The van der Waals surface area contributed by atoms with Crippen LogP contribution in [0, 0.1) is 13.8 Å². The first-order valence-electron chi connectivity index (χ1n) is 4.22. The lowest BCUT2D eigenvalue weighted by molar-refractivity contribution is 0.0749. The Morgan fingerprint density at radius 2 is 2.07 bits per heavy atom. The van der Waals surface area contributed by atoms with Gasteiger partial charge in [-0.05, 0) is 36.6 Å². The van der Waals surface area contributed by atoms with E-state index in [-0.39, 0.29) is 5.97 Å². The van der Waals surface area contributed by atoms with Crippen LogP contribution in [0.5, 0.6) is 0 Å².